The quantitative estimate of drug-likeness (QED) is 0.484. The molecule has 18 heavy (non-hydrogen) atoms. The smallest absolute Gasteiger partial charge is 0.241 e. The zero-order chi connectivity index (χ0) is 13.8. The summed E-state index contributed by atoms with van der Waals surface area (Å²) in [7, 11) is 0. The number of allylic oxidation sites excluding steroid dienone is 2. The lowest BCUT2D eigenvalue weighted by Gasteiger charge is -2.19. The predicted octanol–water partition coefficient (Wildman–Crippen LogP) is -0.973. The second-order valence-electron chi connectivity index (χ2n) is 3.90. The van der Waals surface area contributed by atoms with E-state index in [1.54, 1.807) is 12.2 Å². The van der Waals surface area contributed by atoms with Crippen molar-refractivity contribution in [3.05, 3.63) is 24.3 Å². The van der Waals surface area contributed by atoms with Gasteiger partial charge < -0.3 is 22.1 Å². The fraction of sp³-hybridized carbons (Fsp3) is 0.500. The molecule has 2 amide bonds. The average Bonchev–Trinajstić information content (AvgIpc) is 2.29. The van der Waals surface area contributed by atoms with Crippen LogP contribution < -0.4 is 22.1 Å². The lowest BCUT2D eigenvalue weighted by Crippen LogP contribution is -2.46. The summed E-state index contributed by atoms with van der Waals surface area (Å²) >= 11 is 0. The Labute approximate surface area is 107 Å². The SMILES string of the molecule is CC1CNCCN1.NC(=O)C=CCC=CC(N)=O. The minimum Gasteiger partial charge on any atom is -0.366 e. The van der Waals surface area contributed by atoms with Gasteiger partial charge in [0.05, 0.1) is 0 Å². The Bertz CT molecular complexity index is 285. The number of carbonyl (C=O) groups is 2. The topological polar surface area (TPSA) is 110 Å². The molecule has 0 spiro atoms. The van der Waals surface area contributed by atoms with E-state index in [1.165, 1.54) is 12.2 Å². The van der Waals surface area contributed by atoms with Crippen molar-refractivity contribution >= 4 is 11.8 Å². The lowest BCUT2D eigenvalue weighted by atomic mass is 10.3. The van der Waals surface area contributed by atoms with Gasteiger partial charge in [0.2, 0.25) is 11.8 Å². The first kappa shape index (κ1) is 16.3. The summed E-state index contributed by atoms with van der Waals surface area (Å²) in [5.41, 5.74) is 9.59. The van der Waals surface area contributed by atoms with Crippen LogP contribution in [0.25, 0.3) is 0 Å². The van der Waals surface area contributed by atoms with Crippen LogP contribution in [0.15, 0.2) is 24.3 Å². The third kappa shape index (κ3) is 12.4. The number of rotatable bonds is 4. The highest BCUT2D eigenvalue weighted by molar-refractivity contribution is 5.86. The summed E-state index contributed by atoms with van der Waals surface area (Å²) in [6, 6.07) is 0.675. The highest BCUT2D eigenvalue weighted by Gasteiger charge is 2.03. The maximum atomic E-state index is 10.1. The van der Waals surface area contributed by atoms with E-state index >= 15 is 0 Å². The lowest BCUT2D eigenvalue weighted by molar-refractivity contribution is -0.114. The molecule has 1 aliphatic rings. The number of piperazine rings is 1. The number of primary amides is 2. The van der Waals surface area contributed by atoms with Crippen LogP contribution in [0.2, 0.25) is 0 Å². The number of nitrogens with one attached hydrogen (secondary N) is 2. The molecular formula is C12H22N4O2. The van der Waals surface area contributed by atoms with Gasteiger partial charge in [0.1, 0.15) is 0 Å². The number of hydrogen-bond donors (Lipinski definition) is 4. The molecular weight excluding hydrogens is 232 g/mol. The zero-order valence-electron chi connectivity index (χ0n) is 10.7. The summed E-state index contributed by atoms with van der Waals surface area (Å²) in [6.45, 7) is 5.57. The van der Waals surface area contributed by atoms with Crippen molar-refractivity contribution in [2.24, 2.45) is 11.5 Å². The minimum absolute atomic E-state index is 0.478. The molecule has 1 heterocycles. The van der Waals surface area contributed by atoms with Crippen molar-refractivity contribution in [2.45, 2.75) is 19.4 Å². The monoisotopic (exact) mass is 254 g/mol. The first-order chi connectivity index (χ1) is 8.52. The van der Waals surface area contributed by atoms with E-state index in [0.29, 0.717) is 12.5 Å². The summed E-state index contributed by atoms with van der Waals surface area (Å²) in [5, 5.41) is 6.59. The van der Waals surface area contributed by atoms with Crippen LogP contribution in [-0.2, 0) is 9.59 Å². The fourth-order valence-corrected chi connectivity index (χ4v) is 1.24. The van der Waals surface area contributed by atoms with E-state index in [9.17, 15) is 9.59 Å². The standard InChI is InChI=1S/C7H10N2O2.C5H12N2/c8-6(10)4-2-1-3-5-7(9)11;1-5-4-6-2-3-7-5/h2-5H,1H2,(H2,8,10)(H2,9,11);5-7H,2-4H2,1H3. The molecule has 1 unspecified atom stereocenters. The third-order valence-electron chi connectivity index (χ3n) is 2.08. The van der Waals surface area contributed by atoms with Crippen LogP contribution in [-0.4, -0.2) is 37.5 Å². The average molecular weight is 254 g/mol. The predicted molar refractivity (Wildman–Crippen MR) is 71.6 cm³/mol. The van der Waals surface area contributed by atoms with Crippen molar-refractivity contribution < 1.29 is 9.59 Å². The maximum Gasteiger partial charge on any atom is 0.241 e. The first-order valence-corrected chi connectivity index (χ1v) is 5.88. The van der Waals surface area contributed by atoms with Crippen molar-refractivity contribution in [3.63, 3.8) is 0 Å². The van der Waals surface area contributed by atoms with Crippen LogP contribution in [0.1, 0.15) is 13.3 Å². The molecule has 0 aliphatic carbocycles. The fourth-order valence-electron chi connectivity index (χ4n) is 1.24. The largest absolute Gasteiger partial charge is 0.366 e. The van der Waals surface area contributed by atoms with E-state index in [0.717, 1.165) is 19.6 Å². The minimum atomic E-state index is -0.502. The third-order valence-corrected chi connectivity index (χ3v) is 2.08. The molecule has 0 aromatic heterocycles. The van der Waals surface area contributed by atoms with Gasteiger partial charge in [-0.15, -0.1) is 0 Å². The van der Waals surface area contributed by atoms with Crippen LogP contribution in [0.4, 0.5) is 0 Å². The molecule has 1 aliphatic heterocycles. The number of hydrogen-bond acceptors (Lipinski definition) is 4. The van der Waals surface area contributed by atoms with Gasteiger partial charge in [0.25, 0.3) is 0 Å². The van der Waals surface area contributed by atoms with Gasteiger partial charge >= 0.3 is 0 Å². The highest BCUT2D eigenvalue weighted by Crippen LogP contribution is 1.84. The van der Waals surface area contributed by atoms with Crippen molar-refractivity contribution in [1.29, 1.82) is 0 Å². The molecule has 6 heteroatoms. The zero-order valence-corrected chi connectivity index (χ0v) is 10.7. The van der Waals surface area contributed by atoms with Gasteiger partial charge in [-0.05, 0) is 25.5 Å². The molecule has 0 aromatic rings. The molecule has 1 saturated heterocycles. The molecule has 1 atom stereocenters. The van der Waals surface area contributed by atoms with Gasteiger partial charge in [0.15, 0.2) is 0 Å². The molecule has 6 nitrogen and oxygen atoms in total. The Kier molecular flexibility index (Phi) is 9.52. The molecule has 6 N–H and O–H groups in total. The molecule has 0 aromatic carbocycles. The van der Waals surface area contributed by atoms with E-state index in [4.69, 9.17) is 11.5 Å². The maximum absolute atomic E-state index is 10.1. The Morgan fingerprint density at radius 2 is 1.72 bits per heavy atom. The van der Waals surface area contributed by atoms with E-state index < -0.39 is 11.8 Å². The van der Waals surface area contributed by atoms with Gasteiger partial charge in [-0.1, -0.05) is 12.2 Å². The van der Waals surface area contributed by atoms with Crippen molar-refractivity contribution in [1.82, 2.24) is 10.6 Å². The number of nitrogens with two attached hydrogens (primary N) is 2. The summed E-state index contributed by atoms with van der Waals surface area (Å²) < 4.78 is 0. The Morgan fingerprint density at radius 1 is 1.17 bits per heavy atom. The highest BCUT2D eigenvalue weighted by atomic mass is 16.1. The van der Waals surface area contributed by atoms with Crippen LogP contribution >= 0.6 is 0 Å². The second-order valence-corrected chi connectivity index (χ2v) is 3.90. The Balaban J connectivity index is 0.000000351. The van der Waals surface area contributed by atoms with Crippen molar-refractivity contribution in [3.8, 4) is 0 Å². The molecule has 1 fully saturated rings. The van der Waals surface area contributed by atoms with Crippen molar-refractivity contribution in [2.75, 3.05) is 19.6 Å². The number of amides is 2. The molecule has 102 valence electrons. The van der Waals surface area contributed by atoms with E-state index in [-0.39, 0.29) is 0 Å². The molecule has 0 bridgehead atoms. The van der Waals surface area contributed by atoms with Gasteiger partial charge in [-0.3, -0.25) is 9.59 Å². The first-order valence-electron chi connectivity index (χ1n) is 5.88. The number of carbonyl (C=O) groups excluding carboxylic acids is 2. The van der Waals surface area contributed by atoms with Gasteiger partial charge in [-0.2, -0.15) is 0 Å². The molecule has 0 saturated carbocycles. The Hall–Kier alpha value is -1.66. The van der Waals surface area contributed by atoms with Crippen LogP contribution in [0.5, 0.6) is 0 Å². The van der Waals surface area contributed by atoms with Crippen LogP contribution in [0, 0.1) is 0 Å². The van der Waals surface area contributed by atoms with E-state index in [1.807, 2.05) is 0 Å². The normalized spacial score (nSPS) is 19.5. The summed E-state index contributed by atoms with van der Waals surface area (Å²) in [4.78, 5) is 20.2. The second kappa shape index (κ2) is 10.5. The summed E-state index contributed by atoms with van der Waals surface area (Å²) in [6.07, 6.45) is 6.02. The summed E-state index contributed by atoms with van der Waals surface area (Å²) in [5.74, 6) is -1.00. The van der Waals surface area contributed by atoms with Gasteiger partial charge in [-0.25, -0.2) is 0 Å². The Morgan fingerprint density at radius 3 is 2.00 bits per heavy atom. The van der Waals surface area contributed by atoms with E-state index in [2.05, 4.69) is 17.6 Å². The molecule has 1 rings (SSSR count). The van der Waals surface area contributed by atoms with Gasteiger partial charge in [0, 0.05) is 25.7 Å². The molecule has 0 radical (unpaired) electrons. The van der Waals surface area contributed by atoms with Crippen LogP contribution in [0.3, 0.4) is 0 Å².